The van der Waals surface area contributed by atoms with E-state index in [2.05, 4.69) is 10.0 Å². The Morgan fingerprint density at radius 2 is 2.15 bits per heavy atom. The molecule has 1 aromatic carbocycles. The average molecular weight is 298 g/mol. The summed E-state index contributed by atoms with van der Waals surface area (Å²) in [7, 11) is -1.75. The van der Waals surface area contributed by atoms with Crippen molar-refractivity contribution in [2.45, 2.75) is 31.9 Å². The van der Waals surface area contributed by atoms with Gasteiger partial charge in [-0.05, 0) is 25.5 Å². The lowest BCUT2D eigenvalue weighted by atomic mass is 10.1. The lowest BCUT2D eigenvalue weighted by Gasteiger charge is -2.23. The van der Waals surface area contributed by atoms with Crippen molar-refractivity contribution in [3.8, 4) is 0 Å². The van der Waals surface area contributed by atoms with Crippen molar-refractivity contribution in [1.29, 1.82) is 0 Å². The van der Waals surface area contributed by atoms with Crippen LogP contribution in [0.3, 0.4) is 0 Å². The van der Waals surface area contributed by atoms with Crippen molar-refractivity contribution in [1.82, 2.24) is 5.32 Å². The smallest absolute Gasteiger partial charge is 0.234 e. The van der Waals surface area contributed by atoms with Gasteiger partial charge in [0.25, 0.3) is 0 Å². The molecule has 1 aromatic rings. The Balaban J connectivity index is 2.03. The van der Waals surface area contributed by atoms with Gasteiger partial charge in [0, 0.05) is 18.7 Å². The number of hydrogen-bond donors (Lipinski definition) is 2. The topological polar surface area (TPSA) is 67.4 Å². The minimum absolute atomic E-state index is 0.0517. The Hall–Kier alpha value is -1.11. The molecule has 6 heteroatoms. The second kappa shape index (κ2) is 7.06. The van der Waals surface area contributed by atoms with Crippen LogP contribution >= 0.6 is 0 Å². The van der Waals surface area contributed by atoms with E-state index in [-0.39, 0.29) is 11.8 Å². The number of anilines is 1. The van der Waals surface area contributed by atoms with Gasteiger partial charge in [0.15, 0.2) is 0 Å². The van der Waals surface area contributed by atoms with Crippen LogP contribution in [0.4, 0.5) is 5.69 Å². The highest BCUT2D eigenvalue weighted by Crippen LogP contribution is 2.18. The van der Waals surface area contributed by atoms with Gasteiger partial charge in [-0.3, -0.25) is 4.72 Å². The molecule has 5 nitrogen and oxygen atoms in total. The fourth-order valence-electron chi connectivity index (χ4n) is 2.44. The zero-order valence-electron chi connectivity index (χ0n) is 11.8. The molecule has 2 rings (SSSR count). The molecule has 112 valence electrons. The summed E-state index contributed by atoms with van der Waals surface area (Å²) < 4.78 is 32.2. The molecule has 0 aromatic heterocycles. The van der Waals surface area contributed by atoms with Crippen LogP contribution in [0, 0.1) is 0 Å². The van der Waals surface area contributed by atoms with Gasteiger partial charge in [0.05, 0.1) is 18.0 Å². The van der Waals surface area contributed by atoms with Gasteiger partial charge in [0.2, 0.25) is 10.0 Å². The van der Waals surface area contributed by atoms with Crippen LogP contribution in [-0.4, -0.2) is 33.9 Å². The van der Waals surface area contributed by atoms with Gasteiger partial charge in [-0.1, -0.05) is 24.6 Å². The normalized spacial score (nSPS) is 19.8. The van der Waals surface area contributed by atoms with Gasteiger partial charge in [-0.25, -0.2) is 8.42 Å². The van der Waals surface area contributed by atoms with Crippen molar-refractivity contribution < 1.29 is 13.2 Å². The highest BCUT2D eigenvalue weighted by atomic mass is 32.2. The number of rotatable bonds is 6. The largest absolute Gasteiger partial charge is 0.380 e. The molecule has 0 bridgehead atoms. The Labute approximate surface area is 120 Å². The first-order chi connectivity index (χ1) is 9.61. The number of ether oxygens (including phenoxy) is 1. The zero-order chi connectivity index (χ0) is 14.4. The van der Waals surface area contributed by atoms with Crippen LogP contribution < -0.4 is 10.0 Å². The minimum atomic E-state index is -3.34. The summed E-state index contributed by atoms with van der Waals surface area (Å²) in [5.41, 5.74) is 1.44. The quantitative estimate of drug-likeness (QED) is 0.839. The molecule has 1 aliphatic rings. The molecule has 2 N–H and O–H groups in total. The summed E-state index contributed by atoms with van der Waals surface area (Å²) in [6.07, 6.45) is 3.13. The lowest BCUT2D eigenvalue weighted by Crippen LogP contribution is -2.40. The van der Waals surface area contributed by atoms with E-state index in [1.54, 1.807) is 13.2 Å². The van der Waals surface area contributed by atoms with E-state index < -0.39 is 10.0 Å². The van der Waals surface area contributed by atoms with Gasteiger partial charge in [-0.2, -0.15) is 0 Å². The number of benzene rings is 1. The van der Waals surface area contributed by atoms with Crippen LogP contribution in [0.15, 0.2) is 24.3 Å². The molecule has 1 saturated heterocycles. The third-order valence-electron chi connectivity index (χ3n) is 3.42. The van der Waals surface area contributed by atoms with E-state index in [0.29, 0.717) is 12.3 Å². The third-order valence-corrected chi connectivity index (χ3v) is 4.79. The SMILES string of the molecule is COCc1ccccc1NS(=O)(=O)CC1CCCCN1. The van der Waals surface area contributed by atoms with Crippen LogP contribution in [0.1, 0.15) is 24.8 Å². The number of nitrogens with one attached hydrogen (secondary N) is 2. The Kier molecular flexibility index (Phi) is 5.39. The van der Waals surface area contributed by atoms with Crippen molar-refractivity contribution >= 4 is 15.7 Å². The van der Waals surface area contributed by atoms with E-state index in [4.69, 9.17) is 4.74 Å². The van der Waals surface area contributed by atoms with E-state index in [0.717, 1.165) is 31.4 Å². The first kappa shape index (κ1) is 15.3. The highest BCUT2D eigenvalue weighted by molar-refractivity contribution is 7.92. The molecule has 1 heterocycles. The monoisotopic (exact) mass is 298 g/mol. The number of para-hydroxylation sites is 1. The molecule has 20 heavy (non-hydrogen) atoms. The summed E-state index contributed by atoms with van der Waals surface area (Å²) in [6, 6.07) is 7.36. The van der Waals surface area contributed by atoms with Gasteiger partial charge in [0.1, 0.15) is 0 Å². The third kappa shape index (κ3) is 4.47. The summed E-state index contributed by atoms with van der Waals surface area (Å²) in [5.74, 6) is 0.119. The molecule has 1 fully saturated rings. The molecule has 0 radical (unpaired) electrons. The minimum Gasteiger partial charge on any atom is -0.380 e. The second-order valence-electron chi connectivity index (χ2n) is 5.12. The predicted octanol–water partition coefficient (Wildman–Crippen LogP) is 1.72. The Bertz CT molecular complexity index is 525. The maximum atomic E-state index is 12.2. The van der Waals surface area contributed by atoms with Gasteiger partial charge < -0.3 is 10.1 Å². The molecular weight excluding hydrogens is 276 g/mol. The Morgan fingerprint density at radius 1 is 1.35 bits per heavy atom. The zero-order valence-corrected chi connectivity index (χ0v) is 12.6. The molecule has 1 atom stereocenters. The number of sulfonamides is 1. The van der Waals surface area contributed by atoms with E-state index in [1.807, 2.05) is 18.2 Å². The standard InChI is InChI=1S/C14H22N2O3S/c1-19-10-12-6-2-3-8-14(12)16-20(17,18)11-13-7-4-5-9-15-13/h2-3,6,8,13,15-16H,4-5,7,9-11H2,1H3. The fraction of sp³-hybridized carbons (Fsp3) is 0.571. The van der Waals surface area contributed by atoms with Crippen molar-refractivity contribution in [3.05, 3.63) is 29.8 Å². The number of hydrogen-bond acceptors (Lipinski definition) is 4. The summed E-state index contributed by atoms with van der Waals surface area (Å²) >= 11 is 0. The van der Waals surface area contributed by atoms with Crippen molar-refractivity contribution in [2.75, 3.05) is 24.1 Å². The van der Waals surface area contributed by atoms with Crippen molar-refractivity contribution in [2.24, 2.45) is 0 Å². The summed E-state index contributed by atoms with van der Waals surface area (Å²) in [4.78, 5) is 0. The molecule has 1 aliphatic heterocycles. The van der Waals surface area contributed by atoms with E-state index >= 15 is 0 Å². The van der Waals surface area contributed by atoms with Crippen LogP contribution in [0.25, 0.3) is 0 Å². The number of methoxy groups -OCH3 is 1. The molecule has 0 spiro atoms. The highest BCUT2D eigenvalue weighted by Gasteiger charge is 2.21. The fourth-order valence-corrected chi connectivity index (χ4v) is 3.87. The summed E-state index contributed by atoms with van der Waals surface area (Å²) in [6.45, 7) is 1.29. The molecule has 0 aliphatic carbocycles. The van der Waals surface area contributed by atoms with Crippen LogP contribution in [0.2, 0.25) is 0 Å². The second-order valence-corrected chi connectivity index (χ2v) is 6.89. The van der Waals surface area contributed by atoms with Crippen molar-refractivity contribution in [3.63, 3.8) is 0 Å². The molecule has 1 unspecified atom stereocenters. The lowest BCUT2D eigenvalue weighted by molar-refractivity contribution is 0.185. The van der Waals surface area contributed by atoms with Crippen LogP contribution in [-0.2, 0) is 21.4 Å². The van der Waals surface area contributed by atoms with E-state index in [9.17, 15) is 8.42 Å². The van der Waals surface area contributed by atoms with Crippen LogP contribution in [0.5, 0.6) is 0 Å². The first-order valence-electron chi connectivity index (χ1n) is 6.91. The number of piperidine rings is 1. The maximum Gasteiger partial charge on any atom is 0.234 e. The predicted molar refractivity (Wildman–Crippen MR) is 80.2 cm³/mol. The molecule has 0 saturated carbocycles. The maximum absolute atomic E-state index is 12.2. The summed E-state index contributed by atoms with van der Waals surface area (Å²) in [5, 5.41) is 3.26. The average Bonchev–Trinajstić information content (AvgIpc) is 2.41. The van der Waals surface area contributed by atoms with E-state index in [1.165, 1.54) is 0 Å². The first-order valence-corrected chi connectivity index (χ1v) is 8.56. The molecular formula is C14H22N2O3S. The van der Waals surface area contributed by atoms with Gasteiger partial charge in [-0.15, -0.1) is 0 Å². The van der Waals surface area contributed by atoms with Gasteiger partial charge >= 0.3 is 0 Å². The Morgan fingerprint density at radius 3 is 2.85 bits per heavy atom. The molecule has 0 amide bonds.